The van der Waals surface area contributed by atoms with Crippen LogP contribution in [0, 0.1) is 0 Å². The van der Waals surface area contributed by atoms with Crippen LogP contribution in [-0.4, -0.2) is 17.1 Å². The Balaban J connectivity index is 2.41. The van der Waals surface area contributed by atoms with Crippen molar-refractivity contribution in [1.29, 1.82) is 0 Å². The topological polar surface area (TPSA) is 73.1 Å². The predicted molar refractivity (Wildman–Crippen MR) is 82.6 cm³/mol. The molecule has 2 heterocycles. The van der Waals surface area contributed by atoms with Gasteiger partial charge in [-0.15, -0.1) is 11.3 Å². The third-order valence-electron chi connectivity index (χ3n) is 2.78. The number of nitrogens with two attached hydrogens (primary N) is 1. The lowest BCUT2D eigenvalue weighted by Crippen LogP contribution is -2.10. The summed E-state index contributed by atoms with van der Waals surface area (Å²) in [6.07, 6.45) is 0. The average molecular weight is 292 g/mol. The number of methoxy groups -OCH3 is 1. The fourth-order valence-corrected chi connectivity index (χ4v) is 2.76. The molecule has 0 saturated heterocycles. The number of hydrogen-bond acceptors (Lipinski definition) is 6. The van der Waals surface area contributed by atoms with Crippen LogP contribution < -0.4 is 11.3 Å². The summed E-state index contributed by atoms with van der Waals surface area (Å²) in [6.45, 7) is 7.01. The first-order chi connectivity index (χ1) is 9.44. The summed E-state index contributed by atoms with van der Waals surface area (Å²) in [5.74, 6) is 6.72. The molecule has 0 radical (unpaired) electrons. The molecule has 108 valence electrons. The molecule has 0 aliphatic rings. The van der Waals surface area contributed by atoms with Gasteiger partial charge in [-0.05, 0) is 17.5 Å². The summed E-state index contributed by atoms with van der Waals surface area (Å²) < 4.78 is 5.12. The van der Waals surface area contributed by atoms with Gasteiger partial charge in [0.2, 0.25) is 0 Å². The smallest absolute Gasteiger partial charge is 0.172 e. The highest BCUT2D eigenvalue weighted by Crippen LogP contribution is 2.34. The first kappa shape index (κ1) is 14.9. The van der Waals surface area contributed by atoms with Crippen LogP contribution in [0.3, 0.4) is 0 Å². The number of hydrogen-bond donors (Lipinski definition) is 2. The summed E-state index contributed by atoms with van der Waals surface area (Å²) in [5.41, 5.74) is 3.50. The Kier molecular flexibility index (Phi) is 4.37. The van der Waals surface area contributed by atoms with Crippen LogP contribution in [-0.2, 0) is 16.8 Å². The lowest BCUT2D eigenvalue weighted by molar-refractivity contribution is 0.181. The fourth-order valence-electron chi connectivity index (χ4n) is 1.76. The van der Waals surface area contributed by atoms with Gasteiger partial charge in [-0.25, -0.2) is 15.8 Å². The zero-order valence-electron chi connectivity index (χ0n) is 12.2. The Morgan fingerprint density at radius 3 is 2.60 bits per heavy atom. The van der Waals surface area contributed by atoms with Gasteiger partial charge in [0.25, 0.3) is 0 Å². The van der Waals surface area contributed by atoms with E-state index < -0.39 is 0 Å². The Morgan fingerprint density at radius 2 is 2.05 bits per heavy atom. The minimum absolute atomic E-state index is 0.127. The molecule has 2 aromatic rings. The van der Waals surface area contributed by atoms with Crippen LogP contribution >= 0.6 is 11.3 Å². The zero-order chi connectivity index (χ0) is 14.8. The number of anilines is 1. The number of hydrazine groups is 1. The molecule has 6 heteroatoms. The Bertz CT molecular complexity index is 589. The molecular formula is C14H20N4OS. The molecule has 0 atom stereocenters. The molecule has 2 aromatic heterocycles. The number of nitrogens with one attached hydrogen (secondary N) is 1. The largest absolute Gasteiger partial charge is 0.378 e. The van der Waals surface area contributed by atoms with Gasteiger partial charge in [0.05, 0.1) is 17.2 Å². The number of nitrogens with zero attached hydrogens (tertiary/aromatic N) is 2. The van der Waals surface area contributed by atoms with Gasteiger partial charge < -0.3 is 10.2 Å². The van der Waals surface area contributed by atoms with Gasteiger partial charge in [0.15, 0.2) is 5.82 Å². The lowest BCUT2D eigenvalue weighted by atomic mass is 9.95. The highest BCUT2D eigenvalue weighted by atomic mass is 32.1. The van der Waals surface area contributed by atoms with Crippen molar-refractivity contribution >= 4 is 17.2 Å². The van der Waals surface area contributed by atoms with E-state index in [9.17, 15) is 0 Å². The molecule has 0 aliphatic heterocycles. The van der Waals surface area contributed by atoms with Crippen LogP contribution in [0.4, 0.5) is 5.82 Å². The van der Waals surface area contributed by atoms with Crippen LogP contribution in [0.25, 0.3) is 10.7 Å². The fraction of sp³-hybridized carbons (Fsp3) is 0.429. The van der Waals surface area contributed by atoms with E-state index in [0.29, 0.717) is 18.2 Å². The van der Waals surface area contributed by atoms with Crippen LogP contribution in [0.2, 0.25) is 0 Å². The van der Waals surface area contributed by atoms with Crippen molar-refractivity contribution in [2.75, 3.05) is 12.5 Å². The molecule has 0 unspecified atom stereocenters. The Labute approximate surface area is 123 Å². The highest BCUT2D eigenvalue weighted by Gasteiger charge is 2.18. The van der Waals surface area contributed by atoms with E-state index in [1.54, 1.807) is 24.5 Å². The van der Waals surface area contributed by atoms with Crippen LogP contribution in [0.15, 0.2) is 18.2 Å². The van der Waals surface area contributed by atoms with E-state index in [1.165, 1.54) is 4.88 Å². The van der Waals surface area contributed by atoms with Crippen molar-refractivity contribution in [3.05, 3.63) is 28.8 Å². The van der Waals surface area contributed by atoms with Crippen LogP contribution in [0.5, 0.6) is 0 Å². The second kappa shape index (κ2) is 5.87. The quantitative estimate of drug-likeness (QED) is 0.669. The normalized spacial score (nSPS) is 11.7. The Morgan fingerprint density at radius 1 is 1.30 bits per heavy atom. The third kappa shape index (κ3) is 3.33. The SMILES string of the molecule is COCc1cc(NN)nc(-c2ccc(C(C)(C)C)s2)n1. The molecule has 20 heavy (non-hydrogen) atoms. The van der Waals surface area contributed by atoms with E-state index in [0.717, 1.165) is 10.6 Å². The van der Waals surface area contributed by atoms with Crippen molar-refractivity contribution in [3.63, 3.8) is 0 Å². The second-order valence-corrected chi connectivity index (χ2v) is 6.64. The summed E-state index contributed by atoms with van der Waals surface area (Å²) in [4.78, 5) is 11.3. The minimum Gasteiger partial charge on any atom is -0.378 e. The van der Waals surface area contributed by atoms with Gasteiger partial charge in [-0.1, -0.05) is 20.8 Å². The number of aromatic nitrogens is 2. The number of nitrogen functional groups attached to an aromatic ring is 1. The first-order valence-electron chi connectivity index (χ1n) is 6.38. The maximum atomic E-state index is 5.46. The molecule has 0 fully saturated rings. The Hall–Kier alpha value is -1.50. The molecule has 0 spiro atoms. The molecule has 0 aliphatic carbocycles. The number of rotatable bonds is 4. The molecule has 5 nitrogen and oxygen atoms in total. The zero-order valence-corrected chi connectivity index (χ0v) is 13.0. The summed E-state index contributed by atoms with van der Waals surface area (Å²) >= 11 is 1.70. The molecule has 2 rings (SSSR count). The second-order valence-electron chi connectivity index (χ2n) is 5.56. The van der Waals surface area contributed by atoms with Gasteiger partial charge in [-0.3, -0.25) is 0 Å². The molecule has 0 amide bonds. The van der Waals surface area contributed by atoms with Gasteiger partial charge >= 0.3 is 0 Å². The average Bonchev–Trinajstić information content (AvgIpc) is 2.88. The first-order valence-corrected chi connectivity index (χ1v) is 7.20. The number of thiophene rings is 1. The third-order valence-corrected chi connectivity index (χ3v) is 4.29. The van der Waals surface area contributed by atoms with E-state index in [-0.39, 0.29) is 5.41 Å². The maximum absolute atomic E-state index is 5.46. The van der Waals surface area contributed by atoms with E-state index in [4.69, 9.17) is 10.6 Å². The van der Waals surface area contributed by atoms with Crippen molar-refractivity contribution < 1.29 is 4.74 Å². The molecule has 0 aromatic carbocycles. The molecule has 0 saturated carbocycles. The van der Waals surface area contributed by atoms with Crippen molar-refractivity contribution in [2.45, 2.75) is 32.8 Å². The van der Waals surface area contributed by atoms with Crippen molar-refractivity contribution in [2.24, 2.45) is 5.84 Å². The molecule has 3 N–H and O–H groups in total. The monoisotopic (exact) mass is 292 g/mol. The van der Waals surface area contributed by atoms with E-state index >= 15 is 0 Å². The van der Waals surface area contributed by atoms with Gasteiger partial charge in [-0.2, -0.15) is 0 Å². The summed E-state index contributed by atoms with van der Waals surface area (Å²) in [7, 11) is 1.64. The predicted octanol–water partition coefficient (Wildman–Crippen LogP) is 2.93. The summed E-state index contributed by atoms with van der Waals surface area (Å²) in [6, 6.07) is 5.96. The van der Waals surface area contributed by atoms with E-state index in [1.807, 2.05) is 0 Å². The van der Waals surface area contributed by atoms with Gasteiger partial charge in [0, 0.05) is 18.1 Å². The number of ether oxygens (including phenoxy) is 1. The summed E-state index contributed by atoms with van der Waals surface area (Å²) in [5, 5.41) is 0. The maximum Gasteiger partial charge on any atom is 0.172 e. The highest BCUT2D eigenvalue weighted by molar-refractivity contribution is 7.15. The molecule has 0 bridgehead atoms. The van der Waals surface area contributed by atoms with E-state index in [2.05, 4.69) is 48.3 Å². The van der Waals surface area contributed by atoms with Crippen molar-refractivity contribution in [3.8, 4) is 10.7 Å². The lowest BCUT2D eigenvalue weighted by Gasteiger charge is -2.15. The minimum atomic E-state index is 0.127. The van der Waals surface area contributed by atoms with Crippen LogP contribution in [0.1, 0.15) is 31.3 Å². The molecular weight excluding hydrogens is 272 g/mol. The standard InChI is InChI=1S/C14H20N4OS/c1-14(2,3)11-6-5-10(20-11)13-16-9(8-19-4)7-12(17-13)18-15/h5-7H,8,15H2,1-4H3,(H,16,17,18). The van der Waals surface area contributed by atoms with Crippen molar-refractivity contribution in [1.82, 2.24) is 9.97 Å². The van der Waals surface area contributed by atoms with Gasteiger partial charge in [0.1, 0.15) is 5.82 Å².